The highest BCUT2D eigenvalue weighted by atomic mass is 79.9. The quantitative estimate of drug-likeness (QED) is 0.666. The zero-order valence-electron chi connectivity index (χ0n) is 13.2. The average Bonchev–Trinajstić information content (AvgIpc) is 3.23. The topological polar surface area (TPSA) is 84.1 Å². The molecule has 1 aromatic heterocycles. The van der Waals surface area contributed by atoms with Crippen LogP contribution < -0.4 is 4.72 Å². The van der Waals surface area contributed by atoms with E-state index in [0.717, 1.165) is 36.3 Å². The van der Waals surface area contributed by atoms with Gasteiger partial charge in [0.15, 0.2) is 0 Å². The minimum atomic E-state index is -3.65. The van der Waals surface area contributed by atoms with Gasteiger partial charge in [-0.2, -0.15) is 0 Å². The Balaban J connectivity index is 1.63. The van der Waals surface area contributed by atoms with E-state index in [0.29, 0.717) is 10.2 Å². The molecule has 2 N–H and O–H groups in total. The molecule has 25 heavy (non-hydrogen) atoms. The van der Waals surface area contributed by atoms with Crippen LogP contribution >= 0.6 is 15.9 Å². The first kappa shape index (κ1) is 16.6. The van der Waals surface area contributed by atoms with Gasteiger partial charge in [0.2, 0.25) is 0 Å². The van der Waals surface area contributed by atoms with Crippen molar-refractivity contribution in [3.8, 4) is 0 Å². The number of aromatic amines is 1. The first-order valence-electron chi connectivity index (χ1n) is 7.91. The molecule has 8 heteroatoms. The highest BCUT2D eigenvalue weighted by molar-refractivity contribution is 9.10. The summed E-state index contributed by atoms with van der Waals surface area (Å²) >= 11 is 3.29. The molecule has 0 saturated carbocycles. The van der Waals surface area contributed by atoms with Gasteiger partial charge in [0, 0.05) is 11.1 Å². The lowest BCUT2D eigenvalue weighted by atomic mass is 10.2. The van der Waals surface area contributed by atoms with Gasteiger partial charge in [0.25, 0.3) is 10.0 Å². The largest absolute Gasteiger partial charge is 0.370 e. The maximum absolute atomic E-state index is 12.5. The van der Waals surface area contributed by atoms with E-state index < -0.39 is 10.0 Å². The third kappa shape index (κ3) is 3.42. The molecule has 1 atom stereocenters. The number of hydrogen-bond donors (Lipinski definition) is 2. The number of sulfonamides is 1. The molecule has 0 aliphatic carbocycles. The minimum Gasteiger partial charge on any atom is -0.370 e. The van der Waals surface area contributed by atoms with Crippen LogP contribution in [0.3, 0.4) is 0 Å². The molecule has 0 spiro atoms. The molecule has 3 aromatic rings. The number of rotatable bonds is 4. The van der Waals surface area contributed by atoms with Crippen molar-refractivity contribution in [2.45, 2.75) is 23.8 Å². The zero-order valence-corrected chi connectivity index (χ0v) is 15.6. The van der Waals surface area contributed by atoms with Gasteiger partial charge in [-0.1, -0.05) is 22.0 Å². The molecule has 2 heterocycles. The predicted molar refractivity (Wildman–Crippen MR) is 99.0 cm³/mol. The van der Waals surface area contributed by atoms with Crippen molar-refractivity contribution in [1.29, 1.82) is 0 Å². The van der Waals surface area contributed by atoms with Crippen LogP contribution in [0, 0.1) is 0 Å². The number of ether oxygens (including phenoxy) is 1. The second-order valence-electron chi connectivity index (χ2n) is 5.92. The second kappa shape index (κ2) is 6.44. The Morgan fingerprint density at radius 1 is 1.24 bits per heavy atom. The van der Waals surface area contributed by atoms with Crippen LogP contribution in [0.2, 0.25) is 0 Å². The summed E-state index contributed by atoms with van der Waals surface area (Å²) in [6, 6.07) is 11.8. The van der Waals surface area contributed by atoms with Gasteiger partial charge in [-0.15, -0.1) is 0 Å². The maximum atomic E-state index is 12.5. The van der Waals surface area contributed by atoms with Gasteiger partial charge in [-0.25, -0.2) is 13.4 Å². The summed E-state index contributed by atoms with van der Waals surface area (Å²) < 4.78 is 34.0. The molecule has 4 rings (SSSR count). The number of anilines is 1. The Hall–Kier alpha value is -1.90. The van der Waals surface area contributed by atoms with E-state index in [-0.39, 0.29) is 11.0 Å². The second-order valence-corrected chi connectivity index (χ2v) is 8.52. The van der Waals surface area contributed by atoms with E-state index in [1.54, 1.807) is 42.5 Å². The van der Waals surface area contributed by atoms with E-state index in [2.05, 4.69) is 30.6 Å². The number of nitrogens with zero attached hydrogens (tertiary/aromatic N) is 1. The van der Waals surface area contributed by atoms with Crippen molar-refractivity contribution in [2.75, 3.05) is 11.3 Å². The van der Waals surface area contributed by atoms with Crippen LogP contribution in [0.1, 0.15) is 24.8 Å². The summed E-state index contributed by atoms with van der Waals surface area (Å²) in [4.78, 5) is 7.97. The van der Waals surface area contributed by atoms with E-state index in [9.17, 15) is 8.42 Å². The third-order valence-corrected chi connectivity index (χ3v) is 5.97. The highest BCUT2D eigenvalue weighted by Gasteiger charge is 2.21. The summed E-state index contributed by atoms with van der Waals surface area (Å²) in [5.74, 6) is 0.791. The summed E-state index contributed by atoms with van der Waals surface area (Å²) in [7, 11) is -3.65. The maximum Gasteiger partial charge on any atom is 0.261 e. The number of H-pyrrole nitrogens is 1. The fourth-order valence-electron chi connectivity index (χ4n) is 2.89. The molecule has 1 unspecified atom stereocenters. The first-order chi connectivity index (χ1) is 12.0. The van der Waals surface area contributed by atoms with E-state index in [1.165, 1.54) is 0 Å². The van der Waals surface area contributed by atoms with Crippen LogP contribution in [0.25, 0.3) is 11.0 Å². The summed E-state index contributed by atoms with van der Waals surface area (Å²) in [5, 5.41) is 0. The normalized spacial score (nSPS) is 17.9. The molecular formula is C17H16BrN3O3S. The number of fused-ring (bicyclic) bond motifs is 1. The average molecular weight is 422 g/mol. The molecule has 1 aliphatic rings. The van der Waals surface area contributed by atoms with Crippen molar-refractivity contribution in [3.05, 3.63) is 52.8 Å². The van der Waals surface area contributed by atoms with E-state index >= 15 is 0 Å². The van der Waals surface area contributed by atoms with Crippen LogP contribution in [0.4, 0.5) is 5.69 Å². The number of benzene rings is 2. The number of halogens is 1. The molecule has 1 aliphatic heterocycles. The Labute approximate surface area is 153 Å². The first-order valence-corrected chi connectivity index (χ1v) is 10.2. The van der Waals surface area contributed by atoms with Gasteiger partial charge >= 0.3 is 0 Å². The molecule has 1 saturated heterocycles. The molecule has 2 aromatic carbocycles. The zero-order chi connectivity index (χ0) is 17.4. The monoisotopic (exact) mass is 421 g/mol. The standard InChI is InChI=1S/C17H16BrN3O3S/c18-11-3-1-4-13(9-11)25(22,23)21-12-6-7-14-15(10-12)20-17(19-14)16-5-2-8-24-16/h1,3-4,6-7,9-10,16,21H,2,5,8H2,(H,19,20). The van der Waals surface area contributed by atoms with Crippen molar-refractivity contribution in [1.82, 2.24) is 9.97 Å². The molecule has 130 valence electrons. The predicted octanol–water partition coefficient (Wildman–Crippen LogP) is 3.98. The van der Waals surface area contributed by atoms with Gasteiger partial charge in [0.1, 0.15) is 11.9 Å². The lowest BCUT2D eigenvalue weighted by molar-refractivity contribution is 0.106. The van der Waals surface area contributed by atoms with Gasteiger partial charge in [-0.05, 0) is 49.2 Å². The van der Waals surface area contributed by atoms with Gasteiger partial charge in [0.05, 0.1) is 21.6 Å². The molecule has 1 fully saturated rings. The molecular weight excluding hydrogens is 406 g/mol. The van der Waals surface area contributed by atoms with E-state index in [4.69, 9.17) is 4.74 Å². The Kier molecular flexibility index (Phi) is 4.26. The third-order valence-electron chi connectivity index (χ3n) is 4.09. The Bertz CT molecular complexity index is 1030. The Morgan fingerprint density at radius 3 is 2.88 bits per heavy atom. The summed E-state index contributed by atoms with van der Waals surface area (Å²) in [5.41, 5.74) is 2.05. The number of aromatic nitrogens is 2. The molecule has 0 bridgehead atoms. The van der Waals surface area contributed by atoms with Crippen LogP contribution in [-0.4, -0.2) is 25.0 Å². The molecule has 6 nitrogen and oxygen atoms in total. The van der Waals surface area contributed by atoms with Crippen molar-refractivity contribution < 1.29 is 13.2 Å². The lowest BCUT2D eigenvalue weighted by Gasteiger charge is -2.08. The van der Waals surface area contributed by atoms with Gasteiger partial charge < -0.3 is 9.72 Å². The summed E-state index contributed by atoms with van der Waals surface area (Å²) in [6.07, 6.45) is 1.97. The number of imidazole rings is 1. The highest BCUT2D eigenvalue weighted by Crippen LogP contribution is 2.29. The van der Waals surface area contributed by atoms with Crippen molar-refractivity contribution in [2.24, 2.45) is 0 Å². The number of hydrogen-bond acceptors (Lipinski definition) is 4. The van der Waals surface area contributed by atoms with Gasteiger partial charge in [-0.3, -0.25) is 4.72 Å². The van der Waals surface area contributed by atoms with Crippen LogP contribution in [0.5, 0.6) is 0 Å². The van der Waals surface area contributed by atoms with Crippen LogP contribution in [-0.2, 0) is 14.8 Å². The number of nitrogens with one attached hydrogen (secondary N) is 2. The lowest BCUT2D eigenvalue weighted by Crippen LogP contribution is -2.12. The fourth-order valence-corrected chi connectivity index (χ4v) is 4.53. The molecule has 0 radical (unpaired) electrons. The minimum absolute atomic E-state index is 0.00536. The molecule has 0 amide bonds. The summed E-state index contributed by atoms with van der Waals surface area (Å²) in [6.45, 7) is 0.749. The van der Waals surface area contributed by atoms with Crippen molar-refractivity contribution in [3.63, 3.8) is 0 Å². The fraction of sp³-hybridized carbons (Fsp3) is 0.235. The van der Waals surface area contributed by atoms with Crippen LogP contribution in [0.15, 0.2) is 51.8 Å². The van der Waals surface area contributed by atoms with E-state index in [1.807, 2.05) is 0 Å². The smallest absolute Gasteiger partial charge is 0.261 e. The Morgan fingerprint density at radius 2 is 2.12 bits per heavy atom. The van der Waals surface area contributed by atoms with Crippen molar-refractivity contribution >= 4 is 42.7 Å². The SMILES string of the molecule is O=S(=O)(Nc1ccc2nc(C3CCCO3)[nH]c2c1)c1cccc(Br)c1.